The lowest BCUT2D eigenvalue weighted by Crippen LogP contribution is -2.50. The van der Waals surface area contributed by atoms with Crippen LogP contribution in [0.5, 0.6) is 0 Å². The van der Waals surface area contributed by atoms with Crippen LogP contribution in [0.4, 0.5) is 0 Å². The molecule has 1 saturated carbocycles. The molecule has 0 radical (unpaired) electrons. The predicted octanol–water partition coefficient (Wildman–Crippen LogP) is 5.64. The summed E-state index contributed by atoms with van der Waals surface area (Å²) in [5.74, 6) is -0.334. The molecule has 2 amide bonds. The van der Waals surface area contributed by atoms with Crippen molar-refractivity contribution < 1.29 is 9.59 Å². The summed E-state index contributed by atoms with van der Waals surface area (Å²) >= 11 is 1.64. The Morgan fingerprint density at radius 1 is 1.03 bits per heavy atom. The lowest BCUT2D eigenvalue weighted by atomic mass is 9.80. The normalized spacial score (nSPS) is 20.6. The Bertz CT molecular complexity index is 1120. The van der Waals surface area contributed by atoms with Gasteiger partial charge in [0.15, 0.2) is 0 Å². The molecule has 1 aliphatic heterocycles. The third-order valence-electron chi connectivity index (χ3n) is 7.04. The zero-order valence-corrected chi connectivity index (χ0v) is 19.8. The van der Waals surface area contributed by atoms with Crippen molar-refractivity contribution in [2.24, 2.45) is 0 Å². The highest BCUT2D eigenvalue weighted by molar-refractivity contribution is 7.10. The average molecular weight is 459 g/mol. The van der Waals surface area contributed by atoms with Gasteiger partial charge in [0, 0.05) is 23.0 Å². The number of rotatable bonds is 6. The predicted molar refractivity (Wildman–Crippen MR) is 133 cm³/mol. The van der Waals surface area contributed by atoms with Crippen molar-refractivity contribution in [1.29, 1.82) is 0 Å². The van der Waals surface area contributed by atoms with Gasteiger partial charge < -0.3 is 10.2 Å². The van der Waals surface area contributed by atoms with Crippen LogP contribution in [0.25, 0.3) is 0 Å². The SMILES string of the molecule is Cc1ccc(CCNC(=O)[C@H]2c3ccccc3C(=O)N(C3CCCC3)[C@H]2c2cccs2)cc1. The molecule has 1 aliphatic carbocycles. The lowest BCUT2D eigenvalue weighted by molar-refractivity contribution is -0.124. The minimum Gasteiger partial charge on any atom is -0.355 e. The minimum atomic E-state index is -0.406. The van der Waals surface area contributed by atoms with Gasteiger partial charge >= 0.3 is 0 Å². The molecular formula is C28H30N2O2S. The van der Waals surface area contributed by atoms with Gasteiger partial charge in [-0.2, -0.15) is 0 Å². The summed E-state index contributed by atoms with van der Waals surface area (Å²) in [6.45, 7) is 2.66. The van der Waals surface area contributed by atoms with Crippen LogP contribution in [-0.4, -0.2) is 29.3 Å². The molecule has 5 rings (SSSR count). The van der Waals surface area contributed by atoms with Crippen LogP contribution in [0.1, 0.15) is 69.6 Å². The van der Waals surface area contributed by atoms with E-state index >= 15 is 0 Å². The number of benzene rings is 2. The van der Waals surface area contributed by atoms with E-state index in [1.165, 1.54) is 11.1 Å². The van der Waals surface area contributed by atoms with E-state index in [4.69, 9.17) is 0 Å². The molecule has 1 aromatic heterocycles. The second-order valence-electron chi connectivity index (χ2n) is 9.20. The van der Waals surface area contributed by atoms with Crippen LogP contribution in [0.15, 0.2) is 66.0 Å². The van der Waals surface area contributed by atoms with Gasteiger partial charge in [-0.1, -0.05) is 66.9 Å². The van der Waals surface area contributed by atoms with Gasteiger partial charge in [0.05, 0.1) is 12.0 Å². The largest absolute Gasteiger partial charge is 0.355 e. The van der Waals surface area contributed by atoms with Crippen molar-refractivity contribution in [2.45, 2.75) is 57.0 Å². The van der Waals surface area contributed by atoms with Crippen molar-refractivity contribution in [3.8, 4) is 0 Å². The fourth-order valence-electron chi connectivity index (χ4n) is 5.37. The number of hydrogen-bond donors (Lipinski definition) is 1. The maximum atomic E-state index is 13.7. The number of nitrogens with zero attached hydrogens (tertiary/aromatic N) is 1. The van der Waals surface area contributed by atoms with Crippen LogP contribution in [0.3, 0.4) is 0 Å². The Balaban J connectivity index is 1.46. The summed E-state index contributed by atoms with van der Waals surface area (Å²) in [6.07, 6.45) is 5.09. The van der Waals surface area contributed by atoms with E-state index in [0.29, 0.717) is 12.1 Å². The van der Waals surface area contributed by atoms with Crippen LogP contribution in [-0.2, 0) is 11.2 Å². The van der Waals surface area contributed by atoms with E-state index in [2.05, 4.69) is 42.6 Å². The van der Waals surface area contributed by atoms with Crippen LogP contribution < -0.4 is 5.32 Å². The Morgan fingerprint density at radius 2 is 1.79 bits per heavy atom. The minimum absolute atomic E-state index is 0.00320. The van der Waals surface area contributed by atoms with Gasteiger partial charge in [-0.05, 0) is 54.8 Å². The molecule has 0 unspecified atom stereocenters. The van der Waals surface area contributed by atoms with E-state index < -0.39 is 5.92 Å². The van der Waals surface area contributed by atoms with Crippen LogP contribution in [0.2, 0.25) is 0 Å². The third-order valence-corrected chi connectivity index (χ3v) is 7.99. The summed E-state index contributed by atoms with van der Waals surface area (Å²) in [5, 5.41) is 5.24. The van der Waals surface area contributed by atoms with E-state index in [9.17, 15) is 9.59 Å². The first-order valence-electron chi connectivity index (χ1n) is 11.9. The molecule has 1 fully saturated rings. The molecule has 33 heavy (non-hydrogen) atoms. The summed E-state index contributed by atoms with van der Waals surface area (Å²) in [4.78, 5) is 30.6. The fraction of sp³-hybridized carbons (Fsp3) is 0.357. The van der Waals surface area contributed by atoms with Crippen molar-refractivity contribution in [3.05, 3.63) is 93.2 Å². The highest BCUT2D eigenvalue weighted by atomic mass is 32.1. The number of thiophene rings is 1. The van der Waals surface area contributed by atoms with Crippen molar-refractivity contribution in [1.82, 2.24) is 10.2 Å². The monoisotopic (exact) mass is 458 g/mol. The topological polar surface area (TPSA) is 49.4 Å². The number of amides is 2. The van der Waals surface area contributed by atoms with Crippen molar-refractivity contribution >= 4 is 23.2 Å². The smallest absolute Gasteiger partial charge is 0.254 e. The standard InChI is InChI=1S/C28H30N2O2S/c1-19-12-14-20(15-13-19)16-17-29-27(31)25-22-9-4-5-10-23(22)28(32)30(21-7-2-3-8-21)26(25)24-11-6-18-33-24/h4-6,9-15,18,21,25-26H,2-3,7-8,16-17H2,1H3,(H,29,31)/t25-,26-/m0/s1. The van der Waals surface area contributed by atoms with Crippen molar-refractivity contribution in [2.75, 3.05) is 6.54 Å². The number of carbonyl (C=O) groups is 2. The van der Waals surface area contributed by atoms with E-state index in [0.717, 1.165) is 42.5 Å². The summed E-state index contributed by atoms with van der Waals surface area (Å²) in [5.41, 5.74) is 3.97. The number of aryl methyl sites for hydroxylation is 1. The summed E-state index contributed by atoms with van der Waals surface area (Å²) in [6, 6.07) is 20.2. The quantitative estimate of drug-likeness (QED) is 0.520. The van der Waals surface area contributed by atoms with E-state index in [-0.39, 0.29) is 23.9 Å². The zero-order chi connectivity index (χ0) is 22.8. The van der Waals surface area contributed by atoms with Gasteiger partial charge in [0.2, 0.25) is 5.91 Å². The molecule has 2 heterocycles. The van der Waals surface area contributed by atoms with Gasteiger partial charge in [0.25, 0.3) is 5.91 Å². The molecule has 2 aliphatic rings. The Hall–Kier alpha value is -2.92. The summed E-state index contributed by atoms with van der Waals surface area (Å²) in [7, 11) is 0. The average Bonchev–Trinajstić information content (AvgIpc) is 3.55. The molecule has 170 valence electrons. The molecule has 2 aromatic carbocycles. The highest BCUT2D eigenvalue weighted by Crippen LogP contribution is 2.47. The first-order chi connectivity index (χ1) is 16.1. The first kappa shape index (κ1) is 21.9. The maximum Gasteiger partial charge on any atom is 0.254 e. The van der Waals surface area contributed by atoms with Crippen LogP contribution in [0, 0.1) is 6.92 Å². The molecule has 4 nitrogen and oxygen atoms in total. The molecule has 0 bridgehead atoms. The molecule has 3 aromatic rings. The van der Waals surface area contributed by atoms with Gasteiger partial charge in [0.1, 0.15) is 0 Å². The molecule has 2 atom stereocenters. The molecule has 0 spiro atoms. The maximum absolute atomic E-state index is 13.7. The number of carbonyl (C=O) groups excluding carboxylic acids is 2. The Kier molecular flexibility index (Phi) is 6.32. The summed E-state index contributed by atoms with van der Waals surface area (Å²) < 4.78 is 0. The van der Waals surface area contributed by atoms with Gasteiger partial charge in [-0.3, -0.25) is 9.59 Å². The molecular weight excluding hydrogens is 428 g/mol. The van der Waals surface area contributed by atoms with Gasteiger partial charge in [-0.25, -0.2) is 0 Å². The van der Waals surface area contributed by atoms with Crippen LogP contribution >= 0.6 is 11.3 Å². The third kappa shape index (κ3) is 4.34. The highest BCUT2D eigenvalue weighted by Gasteiger charge is 2.47. The number of hydrogen-bond acceptors (Lipinski definition) is 3. The molecule has 0 saturated heterocycles. The second kappa shape index (κ2) is 9.52. The Morgan fingerprint density at radius 3 is 2.52 bits per heavy atom. The Labute approximate surface area is 199 Å². The molecule has 5 heteroatoms. The fourth-order valence-corrected chi connectivity index (χ4v) is 6.24. The first-order valence-corrected chi connectivity index (χ1v) is 12.8. The number of nitrogens with one attached hydrogen (secondary N) is 1. The second-order valence-corrected chi connectivity index (χ2v) is 10.2. The van der Waals surface area contributed by atoms with E-state index in [1.54, 1.807) is 11.3 Å². The molecule has 1 N–H and O–H groups in total. The lowest BCUT2D eigenvalue weighted by Gasteiger charge is -2.44. The zero-order valence-electron chi connectivity index (χ0n) is 19.0. The van der Waals surface area contributed by atoms with E-state index in [1.807, 2.05) is 40.6 Å². The van der Waals surface area contributed by atoms with Gasteiger partial charge in [-0.15, -0.1) is 11.3 Å². The van der Waals surface area contributed by atoms with Crippen molar-refractivity contribution in [3.63, 3.8) is 0 Å². The number of fused-ring (bicyclic) bond motifs is 1.